The normalized spacial score (nSPS) is 18.3. The van der Waals surface area contributed by atoms with E-state index in [1.54, 1.807) is 11.0 Å². The van der Waals surface area contributed by atoms with Crippen LogP contribution in [0.15, 0.2) is 6.58 Å². The Morgan fingerprint density at radius 3 is 2.67 bits per heavy atom. The number of aromatic nitrogens is 2. The van der Waals surface area contributed by atoms with Gasteiger partial charge in [0.2, 0.25) is 0 Å². The lowest BCUT2D eigenvalue weighted by atomic mass is 10.2. The Hall–Kier alpha value is -1.78. The summed E-state index contributed by atoms with van der Waals surface area (Å²) in [7, 11) is 0. The first-order valence-electron chi connectivity index (χ1n) is 7.58. The van der Waals surface area contributed by atoms with Gasteiger partial charge in [0.05, 0.1) is 17.9 Å². The molecule has 0 atom stereocenters. The first-order valence-corrected chi connectivity index (χ1v) is 7.58. The van der Waals surface area contributed by atoms with Crippen LogP contribution in [0.5, 0.6) is 0 Å². The van der Waals surface area contributed by atoms with Crippen molar-refractivity contribution in [2.24, 2.45) is 0 Å². The van der Waals surface area contributed by atoms with Gasteiger partial charge in [-0.2, -0.15) is 0 Å². The predicted octanol–water partition coefficient (Wildman–Crippen LogP) is 3.15. The third-order valence-corrected chi connectivity index (χ3v) is 3.85. The Kier molecular flexibility index (Phi) is 3.30. The molecule has 1 aliphatic heterocycles. The highest BCUT2D eigenvalue weighted by Gasteiger charge is 2.34. The summed E-state index contributed by atoms with van der Waals surface area (Å²) in [6.45, 7) is 11.5. The van der Waals surface area contributed by atoms with Crippen LogP contribution in [0, 0.1) is 0 Å². The van der Waals surface area contributed by atoms with E-state index in [1.807, 2.05) is 20.8 Å². The lowest BCUT2D eigenvalue weighted by Crippen LogP contribution is -2.41. The average Bonchev–Trinajstić information content (AvgIpc) is 3.17. The van der Waals surface area contributed by atoms with Gasteiger partial charge >= 0.3 is 6.09 Å². The van der Waals surface area contributed by atoms with Gasteiger partial charge in [-0.1, -0.05) is 6.58 Å². The van der Waals surface area contributed by atoms with Gasteiger partial charge in [-0.05, 0) is 39.7 Å². The zero-order chi connectivity index (χ0) is 15.2. The van der Waals surface area contributed by atoms with Crippen LogP contribution in [0.1, 0.15) is 56.7 Å². The van der Waals surface area contributed by atoms with Crippen molar-refractivity contribution in [3.63, 3.8) is 0 Å². The maximum Gasteiger partial charge on any atom is 0.410 e. The fraction of sp³-hybridized carbons (Fsp3) is 0.625. The van der Waals surface area contributed by atoms with Crippen molar-refractivity contribution in [2.45, 2.75) is 58.2 Å². The molecule has 1 fully saturated rings. The molecule has 1 aliphatic carbocycles. The summed E-state index contributed by atoms with van der Waals surface area (Å²) in [4.78, 5) is 18.7. The number of nitrogens with zero attached hydrogens (tertiary/aromatic N) is 3. The first kappa shape index (κ1) is 14.2. The molecule has 3 rings (SSSR count). The minimum atomic E-state index is -0.463. The SMILES string of the molecule is C=Cc1nc(C2CC2)n2c1CN(C(=O)OC(C)(C)C)CC2. The number of hydrogen-bond donors (Lipinski definition) is 0. The minimum absolute atomic E-state index is 0.252. The molecule has 1 amide bonds. The number of carbonyl (C=O) groups is 1. The van der Waals surface area contributed by atoms with Crippen LogP contribution >= 0.6 is 0 Å². The van der Waals surface area contributed by atoms with Crippen LogP contribution in [0.4, 0.5) is 4.79 Å². The summed E-state index contributed by atoms with van der Waals surface area (Å²) in [6.07, 6.45) is 3.99. The molecule has 1 aromatic rings. The zero-order valence-electron chi connectivity index (χ0n) is 13.1. The second kappa shape index (κ2) is 4.90. The van der Waals surface area contributed by atoms with E-state index in [2.05, 4.69) is 11.1 Å². The number of rotatable bonds is 2. The molecular formula is C16H23N3O2. The van der Waals surface area contributed by atoms with E-state index in [-0.39, 0.29) is 6.09 Å². The Labute approximate surface area is 125 Å². The number of amides is 1. The third-order valence-electron chi connectivity index (χ3n) is 3.85. The number of imidazole rings is 1. The van der Waals surface area contributed by atoms with E-state index < -0.39 is 5.60 Å². The van der Waals surface area contributed by atoms with Gasteiger partial charge in [-0.3, -0.25) is 0 Å². The summed E-state index contributed by atoms with van der Waals surface area (Å²) in [6, 6.07) is 0. The number of carbonyl (C=O) groups excluding carboxylic acids is 1. The molecule has 0 radical (unpaired) electrons. The quantitative estimate of drug-likeness (QED) is 0.840. The van der Waals surface area contributed by atoms with Gasteiger partial charge in [0.25, 0.3) is 0 Å². The Morgan fingerprint density at radius 2 is 2.10 bits per heavy atom. The van der Waals surface area contributed by atoms with Crippen LogP contribution < -0.4 is 0 Å². The maximum absolute atomic E-state index is 12.2. The van der Waals surface area contributed by atoms with Crippen LogP contribution in [-0.2, 0) is 17.8 Å². The molecule has 0 spiro atoms. The molecule has 21 heavy (non-hydrogen) atoms. The van der Waals surface area contributed by atoms with Gasteiger partial charge in [-0.15, -0.1) is 0 Å². The van der Waals surface area contributed by atoms with E-state index in [0.717, 1.165) is 17.9 Å². The van der Waals surface area contributed by atoms with E-state index >= 15 is 0 Å². The van der Waals surface area contributed by atoms with E-state index in [4.69, 9.17) is 9.72 Å². The smallest absolute Gasteiger partial charge is 0.410 e. The lowest BCUT2D eigenvalue weighted by molar-refractivity contribution is 0.0198. The van der Waals surface area contributed by atoms with Gasteiger partial charge in [0.1, 0.15) is 11.4 Å². The molecule has 0 saturated heterocycles. The van der Waals surface area contributed by atoms with Crippen molar-refractivity contribution < 1.29 is 9.53 Å². The van der Waals surface area contributed by atoms with Crippen molar-refractivity contribution in [1.29, 1.82) is 0 Å². The van der Waals surface area contributed by atoms with Crippen molar-refractivity contribution >= 4 is 12.2 Å². The summed E-state index contributed by atoms with van der Waals surface area (Å²) >= 11 is 0. The highest BCUT2D eigenvalue weighted by atomic mass is 16.6. The van der Waals surface area contributed by atoms with Gasteiger partial charge in [0, 0.05) is 19.0 Å². The molecule has 1 saturated carbocycles. The van der Waals surface area contributed by atoms with Gasteiger partial charge in [0.15, 0.2) is 0 Å². The monoisotopic (exact) mass is 289 g/mol. The summed E-state index contributed by atoms with van der Waals surface area (Å²) in [5.74, 6) is 1.77. The summed E-state index contributed by atoms with van der Waals surface area (Å²) < 4.78 is 7.74. The Balaban J connectivity index is 1.81. The first-order chi connectivity index (χ1) is 9.89. The molecule has 2 aliphatic rings. The molecule has 1 aromatic heterocycles. The van der Waals surface area contributed by atoms with Crippen molar-refractivity contribution in [1.82, 2.24) is 14.5 Å². The Bertz CT molecular complexity index is 579. The van der Waals surface area contributed by atoms with E-state index in [1.165, 1.54) is 18.7 Å². The van der Waals surface area contributed by atoms with Crippen molar-refractivity contribution in [3.05, 3.63) is 23.8 Å². The van der Waals surface area contributed by atoms with Crippen molar-refractivity contribution in [2.75, 3.05) is 6.54 Å². The third kappa shape index (κ3) is 2.82. The molecular weight excluding hydrogens is 266 g/mol. The molecule has 0 aromatic carbocycles. The maximum atomic E-state index is 12.2. The summed E-state index contributed by atoms with van der Waals surface area (Å²) in [5, 5.41) is 0. The molecule has 0 N–H and O–H groups in total. The fourth-order valence-electron chi connectivity index (χ4n) is 2.72. The van der Waals surface area contributed by atoms with E-state index in [0.29, 0.717) is 19.0 Å². The summed E-state index contributed by atoms with van der Waals surface area (Å²) in [5.41, 5.74) is 1.53. The Morgan fingerprint density at radius 1 is 1.38 bits per heavy atom. The van der Waals surface area contributed by atoms with Gasteiger partial charge in [-0.25, -0.2) is 9.78 Å². The highest BCUT2D eigenvalue weighted by Crippen LogP contribution is 2.41. The van der Waals surface area contributed by atoms with Crippen LogP contribution in [-0.4, -0.2) is 32.7 Å². The highest BCUT2D eigenvalue weighted by molar-refractivity contribution is 5.68. The van der Waals surface area contributed by atoms with Crippen LogP contribution in [0.3, 0.4) is 0 Å². The molecule has 2 heterocycles. The van der Waals surface area contributed by atoms with Crippen LogP contribution in [0.25, 0.3) is 6.08 Å². The zero-order valence-corrected chi connectivity index (χ0v) is 13.1. The molecule has 5 heteroatoms. The van der Waals surface area contributed by atoms with Crippen molar-refractivity contribution in [3.8, 4) is 0 Å². The second-order valence-electron chi connectivity index (χ2n) is 6.83. The predicted molar refractivity (Wildman–Crippen MR) is 80.9 cm³/mol. The number of hydrogen-bond acceptors (Lipinski definition) is 3. The molecule has 0 bridgehead atoms. The molecule has 114 valence electrons. The molecule has 5 nitrogen and oxygen atoms in total. The van der Waals surface area contributed by atoms with Gasteiger partial charge < -0.3 is 14.2 Å². The topological polar surface area (TPSA) is 47.4 Å². The minimum Gasteiger partial charge on any atom is -0.444 e. The van der Waals surface area contributed by atoms with Crippen LogP contribution in [0.2, 0.25) is 0 Å². The van der Waals surface area contributed by atoms with E-state index in [9.17, 15) is 4.79 Å². The average molecular weight is 289 g/mol. The lowest BCUT2D eigenvalue weighted by Gasteiger charge is -2.31. The largest absolute Gasteiger partial charge is 0.444 e. The number of ether oxygens (including phenoxy) is 1. The fourth-order valence-corrected chi connectivity index (χ4v) is 2.72. The standard InChI is InChI=1S/C16H23N3O2/c1-5-12-13-10-18(15(20)21-16(2,3)4)8-9-19(13)14(17-12)11-6-7-11/h5,11H,1,6-10H2,2-4H3. The second-order valence-corrected chi connectivity index (χ2v) is 6.83. The molecule has 0 unspecified atom stereocenters. The number of fused-ring (bicyclic) bond motifs is 1.